The standard InChI is InChI=1S/C14H14Cl2N4O2/c15-12-4-3-11(13(16)19-12)14(21)18-9-6-17-20(7-9)8-10-2-1-5-22-10/h3-4,6-7,10H,1-2,5,8H2,(H,18,21). The molecule has 0 aliphatic carbocycles. The van der Waals surface area contributed by atoms with E-state index in [1.165, 1.54) is 12.1 Å². The predicted molar refractivity (Wildman–Crippen MR) is 83.4 cm³/mol. The first kappa shape index (κ1) is 15.3. The summed E-state index contributed by atoms with van der Waals surface area (Å²) in [5.74, 6) is -0.356. The topological polar surface area (TPSA) is 69.0 Å². The maximum Gasteiger partial charge on any atom is 0.258 e. The van der Waals surface area contributed by atoms with Gasteiger partial charge in [-0.15, -0.1) is 0 Å². The first-order chi connectivity index (χ1) is 10.6. The monoisotopic (exact) mass is 340 g/mol. The first-order valence-electron chi connectivity index (χ1n) is 6.89. The molecular weight excluding hydrogens is 327 g/mol. The van der Waals surface area contributed by atoms with Gasteiger partial charge < -0.3 is 10.1 Å². The quantitative estimate of drug-likeness (QED) is 0.868. The van der Waals surface area contributed by atoms with Gasteiger partial charge in [-0.05, 0) is 25.0 Å². The number of carbonyl (C=O) groups is 1. The highest BCUT2D eigenvalue weighted by Gasteiger charge is 2.17. The third kappa shape index (κ3) is 3.58. The fraction of sp³-hybridized carbons (Fsp3) is 0.357. The van der Waals surface area contributed by atoms with Crippen molar-refractivity contribution in [1.29, 1.82) is 0 Å². The van der Waals surface area contributed by atoms with Crippen LogP contribution in [-0.4, -0.2) is 33.4 Å². The second-order valence-corrected chi connectivity index (χ2v) is 5.76. The molecule has 1 unspecified atom stereocenters. The van der Waals surface area contributed by atoms with Crippen molar-refractivity contribution in [1.82, 2.24) is 14.8 Å². The van der Waals surface area contributed by atoms with E-state index in [1.807, 2.05) is 0 Å². The molecule has 8 heteroatoms. The maximum atomic E-state index is 12.2. The molecule has 2 aromatic rings. The summed E-state index contributed by atoms with van der Waals surface area (Å²) in [5.41, 5.74) is 0.854. The number of hydrogen-bond donors (Lipinski definition) is 1. The minimum absolute atomic E-state index is 0.0664. The van der Waals surface area contributed by atoms with Crippen LogP contribution in [0.4, 0.5) is 5.69 Å². The van der Waals surface area contributed by atoms with Crippen molar-refractivity contribution in [2.75, 3.05) is 11.9 Å². The van der Waals surface area contributed by atoms with Crippen LogP contribution in [0.15, 0.2) is 24.5 Å². The normalized spacial score (nSPS) is 17.6. The Bertz CT molecular complexity index is 683. The minimum Gasteiger partial charge on any atom is -0.376 e. The molecule has 0 saturated carbocycles. The summed E-state index contributed by atoms with van der Waals surface area (Å²) >= 11 is 11.6. The van der Waals surface area contributed by atoms with Crippen molar-refractivity contribution in [2.24, 2.45) is 0 Å². The van der Waals surface area contributed by atoms with Crippen molar-refractivity contribution in [3.8, 4) is 0 Å². The summed E-state index contributed by atoms with van der Waals surface area (Å²) in [6.45, 7) is 1.48. The number of anilines is 1. The van der Waals surface area contributed by atoms with Crippen molar-refractivity contribution in [3.63, 3.8) is 0 Å². The number of nitrogens with zero attached hydrogens (tertiary/aromatic N) is 3. The molecule has 116 valence electrons. The number of nitrogens with one attached hydrogen (secondary N) is 1. The van der Waals surface area contributed by atoms with Gasteiger partial charge >= 0.3 is 0 Å². The molecule has 0 radical (unpaired) electrons. The van der Waals surface area contributed by atoms with E-state index < -0.39 is 0 Å². The second kappa shape index (κ2) is 6.64. The third-order valence-electron chi connectivity index (χ3n) is 3.37. The van der Waals surface area contributed by atoms with E-state index in [0.717, 1.165) is 19.4 Å². The number of amides is 1. The van der Waals surface area contributed by atoms with Gasteiger partial charge in [-0.25, -0.2) is 4.98 Å². The predicted octanol–water partition coefficient (Wildman–Crippen LogP) is 3.02. The fourth-order valence-electron chi connectivity index (χ4n) is 2.30. The Hall–Kier alpha value is -1.63. The highest BCUT2D eigenvalue weighted by atomic mass is 35.5. The van der Waals surface area contributed by atoms with Crippen molar-refractivity contribution >= 4 is 34.8 Å². The Kier molecular flexibility index (Phi) is 4.61. The first-order valence-corrected chi connectivity index (χ1v) is 7.65. The molecule has 0 spiro atoms. The lowest BCUT2D eigenvalue weighted by molar-refractivity contribution is 0.0940. The molecule has 3 rings (SSSR count). The van der Waals surface area contributed by atoms with Gasteiger partial charge in [0.2, 0.25) is 0 Å². The summed E-state index contributed by atoms with van der Waals surface area (Å²) in [7, 11) is 0. The highest BCUT2D eigenvalue weighted by Crippen LogP contribution is 2.19. The van der Waals surface area contributed by atoms with E-state index in [4.69, 9.17) is 27.9 Å². The Balaban J connectivity index is 1.65. The lowest BCUT2D eigenvalue weighted by Crippen LogP contribution is -2.15. The highest BCUT2D eigenvalue weighted by molar-refractivity contribution is 6.35. The Labute approximate surface area is 137 Å². The van der Waals surface area contributed by atoms with Crippen LogP contribution < -0.4 is 5.32 Å². The number of aromatic nitrogens is 3. The van der Waals surface area contributed by atoms with Gasteiger partial charge in [-0.3, -0.25) is 9.48 Å². The molecular formula is C14H14Cl2N4O2. The number of rotatable bonds is 4. The molecule has 1 saturated heterocycles. The van der Waals surface area contributed by atoms with Gasteiger partial charge in [-0.1, -0.05) is 23.2 Å². The summed E-state index contributed by atoms with van der Waals surface area (Å²) in [5, 5.41) is 7.26. The van der Waals surface area contributed by atoms with Crippen LogP contribution in [0.25, 0.3) is 0 Å². The van der Waals surface area contributed by atoms with Crippen LogP contribution in [-0.2, 0) is 11.3 Å². The SMILES string of the molecule is O=C(Nc1cnn(CC2CCCO2)c1)c1ccc(Cl)nc1Cl. The summed E-state index contributed by atoms with van der Waals surface area (Å²) in [6.07, 6.45) is 5.66. The molecule has 1 aliphatic rings. The van der Waals surface area contributed by atoms with Gasteiger partial charge in [0.05, 0.1) is 30.1 Å². The second-order valence-electron chi connectivity index (χ2n) is 5.01. The average molecular weight is 341 g/mol. The number of carbonyl (C=O) groups excluding carboxylic acids is 1. The largest absolute Gasteiger partial charge is 0.376 e. The number of pyridine rings is 1. The molecule has 0 bridgehead atoms. The molecule has 1 N–H and O–H groups in total. The number of ether oxygens (including phenoxy) is 1. The van der Waals surface area contributed by atoms with Crippen molar-refractivity contribution in [3.05, 3.63) is 40.4 Å². The third-order valence-corrected chi connectivity index (χ3v) is 3.86. The van der Waals surface area contributed by atoms with Gasteiger partial charge in [0.25, 0.3) is 5.91 Å². The van der Waals surface area contributed by atoms with Gasteiger partial charge in [0.15, 0.2) is 0 Å². The van der Waals surface area contributed by atoms with Crippen LogP contribution in [0.5, 0.6) is 0 Å². The van der Waals surface area contributed by atoms with Gasteiger partial charge in [0.1, 0.15) is 10.3 Å². The summed E-state index contributed by atoms with van der Waals surface area (Å²) in [6, 6.07) is 3.05. The summed E-state index contributed by atoms with van der Waals surface area (Å²) < 4.78 is 7.31. The van der Waals surface area contributed by atoms with Crippen LogP contribution in [0.1, 0.15) is 23.2 Å². The lowest BCUT2D eigenvalue weighted by Gasteiger charge is -2.08. The Morgan fingerprint density at radius 2 is 2.32 bits per heavy atom. The Morgan fingerprint density at radius 1 is 1.45 bits per heavy atom. The van der Waals surface area contributed by atoms with E-state index in [2.05, 4.69) is 15.4 Å². The van der Waals surface area contributed by atoms with E-state index >= 15 is 0 Å². The molecule has 1 aliphatic heterocycles. The minimum atomic E-state index is -0.356. The molecule has 3 heterocycles. The Morgan fingerprint density at radius 3 is 3.05 bits per heavy atom. The van der Waals surface area contributed by atoms with E-state index in [0.29, 0.717) is 12.2 Å². The van der Waals surface area contributed by atoms with Crippen LogP contribution in [0, 0.1) is 0 Å². The number of halogens is 2. The van der Waals surface area contributed by atoms with Crippen LogP contribution in [0.2, 0.25) is 10.3 Å². The smallest absolute Gasteiger partial charge is 0.258 e. The van der Waals surface area contributed by atoms with Crippen LogP contribution >= 0.6 is 23.2 Å². The number of hydrogen-bond acceptors (Lipinski definition) is 4. The zero-order chi connectivity index (χ0) is 15.5. The van der Waals surface area contributed by atoms with Crippen molar-refractivity contribution < 1.29 is 9.53 Å². The van der Waals surface area contributed by atoms with E-state index in [-0.39, 0.29) is 27.9 Å². The molecule has 1 fully saturated rings. The van der Waals surface area contributed by atoms with E-state index in [1.54, 1.807) is 17.1 Å². The van der Waals surface area contributed by atoms with Crippen LogP contribution in [0.3, 0.4) is 0 Å². The van der Waals surface area contributed by atoms with E-state index in [9.17, 15) is 4.79 Å². The zero-order valence-corrected chi connectivity index (χ0v) is 13.1. The fourth-order valence-corrected chi connectivity index (χ4v) is 2.74. The van der Waals surface area contributed by atoms with Gasteiger partial charge in [-0.2, -0.15) is 5.10 Å². The maximum absolute atomic E-state index is 12.2. The molecule has 6 nitrogen and oxygen atoms in total. The summed E-state index contributed by atoms with van der Waals surface area (Å²) in [4.78, 5) is 16.0. The zero-order valence-electron chi connectivity index (χ0n) is 11.6. The molecule has 1 atom stereocenters. The van der Waals surface area contributed by atoms with Gasteiger partial charge in [0, 0.05) is 12.8 Å². The molecule has 2 aromatic heterocycles. The average Bonchev–Trinajstić information content (AvgIpc) is 3.11. The molecule has 1 amide bonds. The molecule has 22 heavy (non-hydrogen) atoms. The molecule has 0 aromatic carbocycles. The van der Waals surface area contributed by atoms with Crippen molar-refractivity contribution in [2.45, 2.75) is 25.5 Å². The lowest BCUT2D eigenvalue weighted by atomic mass is 10.2.